The lowest BCUT2D eigenvalue weighted by Gasteiger charge is -2.26. The van der Waals surface area contributed by atoms with Gasteiger partial charge in [-0.15, -0.1) is 0 Å². The first kappa shape index (κ1) is 18.6. The number of halogens is 2. The van der Waals surface area contributed by atoms with Gasteiger partial charge >= 0.3 is 5.97 Å². The number of esters is 1. The first-order valence-electron chi connectivity index (χ1n) is 7.51. The topological polar surface area (TPSA) is 61.6 Å². The van der Waals surface area contributed by atoms with Crippen LogP contribution >= 0.6 is 23.2 Å². The highest BCUT2D eigenvalue weighted by Gasteiger charge is 2.26. The zero-order chi connectivity index (χ0) is 17.7. The lowest BCUT2D eigenvalue weighted by Crippen LogP contribution is -2.34. The Morgan fingerprint density at radius 3 is 2.33 bits per heavy atom. The second-order valence-electron chi connectivity index (χ2n) is 5.45. The van der Waals surface area contributed by atoms with Gasteiger partial charge in [0.15, 0.2) is 6.10 Å². The lowest BCUT2D eigenvalue weighted by atomic mass is 10.0. The molecule has 0 spiro atoms. The van der Waals surface area contributed by atoms with Crippen LogP contribution in [0.3, 0.4) is 0 Å². The Hall–Kier alpha value is -1.75. The van der Waals surface area contributed by atoms with Gasteiger partial charge in [-0.05, 0) is 37.6 Å². The average molecular weight is 368 g/mol. The Labute approximate surface area is 151 Å². The van der Waals surface area contributed by atoms with E-state index in [2.05, 4.69) is 0 Å². The third kappa shape index (κ3) is 4.87. The predicted octanol–water partition coefficient (Wildman–Crippen LogP) is 4.39. The predicted molar refractivity (Wildman–Crippen MR) is 95.5 cm³/mol. The van der Waals surface area contributed by atoms with Crippen LogP contribution in [0.15, 0.2) is 48.5 Å². The molecular formula is C18H19Cl2NO3. The van der Waals surface area contributed by atoms with Crippen LogP contribution < -0.4 is 10.5 Å². The molecule has 4 nitrogen and oxygen atoms in total. The fourth-order valence-corrected chi connectivity index (χ4v) is 2.59. The Balaban J connectivity index is 2.28. The maximum Gasteiger partial charge on any atom is 0.323 e. The van der Waals surface area contributed by atoms with Crippen molar-refractivity contribution in [2.75, 3.05) is 0 Å². The SMILES string of the molecule is C[C@H](N)C(=O)O[C@@H](C)[C@@H](Oc1ccc(Cl)cc1Cl)c1ccccc1. The number of benzene rings is 2. The standard InChI is InChI=1S/C18H19Cl2NO3/c1-11(21)18(22)23-12(2)17(13-6-4-3-5-7-13)24-16-9-8-14(19)10-15(16)20/h3-12,17H,21H2,1-2H3/t11-,12-,17+/m0/s1. The first-order chi connectivity index (χ1) is 11.4. The van der Waals surface area contributed by atoms with Gasteiger partial charge in [0.2, 0.25) is 0 Å². The highest BCUT2D eigenvalue weighted by molar-refractivity contribution is 6.35. The third-order valence-corrected chi connectivity index (χ3v) is 3.91. The van der Waals surface area contributed by atoms with Crippen molar-refractivity contribution in [3.63, 3.8) is 0 Å². The summed E-state index contributed by atoms with van der Waals surface area (Å²) in [4.78, 5) is 11.8. The number of hydrogen-bond acceptors (Lipinski definition) is 4. The molecule has 6 heteroatoms. The minimum absolute atomic E-state index is 0.383. The van der Waals surface area contributed by atoms with Gasteiger partial charge < -0.3 is 15.2 Å². The van der Waals surface area contributed by atoms with Gasteiger partial charge in [0, 0.05) is 5.02 Å². The second-order valence-corrected chi connectivity index (χ2v) is 6.30. The summed E-state index contributed by atoms with van der Waals surface area (Å²) in [7, 11) is 0. The van der Waals surface area contributed by atoms with Crippen LogP contribution in [-0.4, -0.2) is 18.1 Å². The quantitative estimate of drug-likeness (QED) is 0.768. The highest BCUT2D eigenvalue weighted by atomic mass is 35.5. The monoisotopic (exact) mass is 367 g/mol. The molecule has 0 aliphatic rings. The van der Waals surface area contributed by atoms with Crippen molar-refractivity contribution in [1.82, 2.24) is 0 Å². The Morgan fingerprint density at radius 2 is 1.75 bits per heavy atom. The average Bonchev–Trinajstić information content (AvgIpc) is 2.54. The van der Waals surface area contributed by atoms with Gasteiger partial charge in [0.05, 0.1) is 5.02 Å². The molecule has 24 heavy (non-hydrogen) atoms. The summed E-state index contributed by atoms with van der Waals surface area (Å²) in [5.74, 6) is -0.0344. The molecule has 0 amide bonds. The van der Waals surface area contributed by atoms with Crippen LogP contribution in [0.5, 0.6) is 5.75 Å². The molecule has 2 N–H and O–H groups in total. The van der Waals surface area contributed by atoms with Crippen LogP contribution in [-0.2, 0) is 9.53 Å². The van der Waals surface area contributed by atoms with Crippen molar-refractivity contribution in [3.05, 3.63) is 64.1 Å². The Bertz CT molecular complexity index is 692. The van der Waals surface area contributed by atoms with Gasteiger partial charge in [0.25, 0.3) is 0 Å². The Morgan fingerprint density at radius 1 is 1.08 bits per heavy atom. The number of hydrogen-bond donors (Lipinski definition) is 1. The van der Waals surface area contributed by atoms with Crippen molar-refractivity contribution in [3.8, 4) is 5.75 Å². The molecule has 0 unspecified atom stereocenters. The molecule has 3 atom stereocenters. The van der Waals surface area contributed by atoms with Gasteiger partial charge in [-0.1, -0.05) is 53.5 Å². The van der Waals surface area contributed by atoms with Gasteiger partial charge in [-0.3, -0.25) is 4.79 Å². The maximum atomic E-state index is 11.8. The minimum atomic E-state index is -0.706. The molecule has 0 saturated carbocycles. The first-order valence-corrected chi connectivity index (χ1v) is 8.27. The number of carbonyl (C=O) groups is 1. The molecule has 2 rings (SSSR count). The molecule has 2 aromatic rings. The number of nitrogens with two attached hydrogens (primary N) is 1. The summed E-state index contributed by atoms with van der Waals surface area (Å²) in [5, 5.41) is 0.897. The van der Waals surface area contributed by atoms with E-state index in [1.807, 2.05) is 30.3 Å². The molecule has 0 heterocycles. The summed E-state index contributed by atoms with van der Waals surface area (Å²) in [5.41, 5.74) is 6.42. The van der Waals surface area contributed by atoms with Crippen LogP contribution in [0.4, 0.5) is 0 Å². The van der Waals surface area contributed by atoms with E-state index >= 15 is 0 Å². The third-order valence-electron chi connectivity index (χ3n) is 3.38. The summed E-state index contributed by atoms with van der Waals surface area (Å²) in [6, 6.07) is 13.7. The van der Waals surface area contributed by atoms with Crippen molar-refractivity contribution in [2.45, 2.75) is 32.1 Å². The van der Waals surface area contributed by atoms with E-state index in [0.717, 1.165) is 5.56 Å². The van der Waals surface area contributed by atoms with Crippen molar-refractivity contribution < 1.29 is 14.3 Å². The molecule has 0 aliphatic carbocycles. The molecule has 0 saturated heterocycles. The Kier molecular flexibility index (Phi) is 6.49. The van der Waals surface area contributed by atoms with E-state index in [-0.39, 0.29) is 0 Å². The lowest BCUT2D eigenvalue weighted by molar-refractivity contribution is -0.154. The summed E-state index contributed by atoms with van der Waals surface area (Å²) < 4.78 is 11.4. The highest BCUT2D eigenvalue weighted by Crippen LogP contribution is 2.33. The van der Waals surface area contributed by atoms with E-state index in [9.17, 15) is 4.79 Å². The summed E-state index contributed by atoms with van der Waals surface area (Å²) in [6.07, 6.45) is -1.09. The molecule has 0 fully saturated rings. The summed E-state index contributed by atoms with van der Waals surface area (Å²) in [6.45, 7) is 3.32. The molecule has 2 aromatic carbocycles. The molecule has 0 bridgehead atoms. The van der Waals surface area contributed by atoms with Gasteiger partial charge in [-0.2, -0.15) is 0 Å². The number of ether oxygens (including phenoxy) is 2. The van der Waals surface area contributed by atoms with Crippen molar-refractivity contribution >= 4 is 29.2 Å². The van der Waals surface area contributed by atoms with Gasteiger partial charge in [-0.25, -0.2) is 0 Å². The second kappa shape index (κ2) is 8.38. The fraction of sp³-hybridized carbons (Fsp3) is 0.278. The smallest absolute Gasteiger partial charge is 0.323 e. The van der Waals surface area contributed by atoms with E-state index in [0.29, 0.717) is 15.8 Å². The van der Waals surface area contributed by atoms with Crippen molar-refractivity contribution in [2.24, 2.45) is 5.73 Å². The largest absolute Gasteiger partial charge is 0.480 e. The van der Waals surface area contributed by atoms with E-state index in [1.54, 1.807) is 32.0 Å². The summed E-state index contributed by atoms with van der Waals surface area (Å²) >= 11 is 12.1. The van der Waals surface area contributed by atoms with E-state index < -0.39 is 24.2 Å². The number of carbonyl (C=O) groups excluding carboxylic acids is 1. The molecule has 0 radical (unpaired) electrons. The van der Waals surface area contributed by atoms with Crippen LogP contribution in [0, 0.1) is 0 Å². The maximum absolute atomic E-state index is 11.8. The fourth-order valence-electron chi connectivity index (χ4n) is 2.14. The minimum Gasteiger partial charge on any atom is -0.480 e. The van der Waals surface area contributed by atoms with Crippen LogP contribution in [0.1, 0.15) is 25.5 Å². The van der Waals surface area contributed by atoms with Crippen molar-refractivity contribution in [1.29, 1.82) is 0 Å². The molecular weight excluding hydrogens is 349 g/mol. The van der Waals surface area contributed by atoms with Crippen LogP contribution in [0.25, 0.3) is 0 Å². The van der Waals surface area contributed by atoms with Gasteiger partial charge in [0.1, 0.15) is 17.9 Å². The molecule has 0 aromatic heterocycles. The number of rotatable bonds is 6. The van der Waals surface area contributed by atoms with Crippen LogP contribution in [0.2, 0.25) is 10.0 Å². The molecule has 128 valence electrons. The zero-order valence-corrected chi connectivity index (χ0v) is 14.9. The van der Waals surface area contributed by atoms with E-state index in [4.69, 9.17) is 38.4 Å². The zero-order valence-electron chi connectivity index (χ0n) is 13.4. The van der Waals surface area contributed by atoms with E-state index in [1.165, 1.54) is 0 Å². The molecule has 0 aliphatic heterocycles. The normalized spacial score (nSPS) is 14.5.